The zero-order chi connectivity index (χ0) is 10.5. The van der Waals surface area contributed by atoms with Crippen molar-refractivity contribution in [1.82, 2.24) is 10.3 Å². The summed E-state index contributed by atoms with van der Waals surface area (Å²) in [5.41, 5.74) is 2.09. The van der Waals surface area contributed by atoms with Crippen molar-refractivity contribution in [2.75, 3.05) is 0 Å². The third-order valence-electron chi connectivity index (χ3n) is 2.20. The van der Waals surface area contributed by atoms with Crippen LogP contribution in [0.25, 0.3) is 0 Å². The van der Waals surface area contributed by atoms with Crippen LogP contribution < -0.4 is 5.32 Å². The van der Waals surface area contributed by atoms with Crippen molar-refractivity contribution < 1.29 is 4.39 Å². The zero-order valence-corrected chi connectivity index (χ0v) is 8.33. The first-order chi connectivity index (χ1) is 7.34. The Balaban J connectivity index is 1.83. The second-order valence-corrected chi connectivity index (χ2v) is 3.43. The van der Waals surface area contributed by atoms with Crippen LogP contribution in [0.3, 0.4) is 0 Å². The molecular formula is C12H13FN2. The Bertz CT molecular complexity index is 409. The third kappa shape index (κ3) is 2.92. The number of aromatic amines is 1. The molecule has 78 valence electrons. The molecule has 1 aromatic heterocycles. The van der Waals surface area contributed by atoms with Crippen molar-refractivity contribution in [3.8, 4) is 0 Å². The number of hydrogen-bond acceptors (Lipinski definition) is 1. The predicted molar refractivity (Wildman–Crippen MR) is 57.7 cm³/mol. The number of halogens is 1. The van der Waals surface area contributed by atoms with Crippen molar-refractivity contribution in [1.29, 1.82) is 0 Å². The molecule has 0 amide bonds. The molecule has 0 radical (unpaired) electrons. The number of nitrogens with one attached hydrogen (secondary N) is 2. The van der Waals surface area contributed by atoms with Crippen LogP contribution in [-0.2, 0) is 13.1 Å². The Morgan fingerprint density at radius 2 is 2.07 bits per heavy atom. The molecule has 15 heavy (non-hydrogen) atoms. The molecule has 0 aliphatic carbocycles. The molecule has 0 aliphatic heterocycles. The van der Waals surface area contributed by atoms with E-state index in [4.69, 9.17) is 0 Å². The lowest BCUT2D eigenvalue weighted by Crippen LogP contribution is -2.12. The molecule has 1 heterocycles. The van der Waals surface area contributed by atoms with E-state index in [2.05, 4.69) is 10.3 Å². The van der Waals surface area contributed by atoms with Crippen LogP contribution >= 0.6 is 0 Å². The lowest BCUT2D eigenvalue weighted by Gasteiger charge is -2.03. The normalized spacial score (nSPS) is 10.5. The molecule has 0 spiro atoms. The smallest absolute Gasteiger partial charge is 0.123 e. The van der Waals surface area contributed by atoms with Crippen molar-refractivity contribution in [3.63, 3.8) is 0 Å². The van der Waals surface area contributed by atoms with E-state index in [0.29, 0.717) is 6.54 Å². The van der Waals surface area contributed by atoms with Crippen LogP contribution in [-0.4, -0.2) is 4.98 Å². The molecular weight excluding hydrogens is 191 g/mol. The average molecular weight is 204 g/mol. The summed E-state index contributed by atoms with van der Waals surface area (Å²) in [6.45, 7) is 1.44. The van der Waals surface area contributed by atoms with Gasteiger partial charge in [0.2, 0.25) is 0 Å². The Hall–Kier alpha value is -1.61. The van der Waals surface area contributed by atoms with Crippen LogP contribution in [0.5, 0.6) is 0 Å². The van der Waals surface area contributed by atoms with E-state index in [9.17, 15) is 4.39 Å². The van der Waals surface area contributed by atoms with Gasteiger partial charge in [-0.3, -0.25) is 0 Å². The summed E-state index contributed by atoms with van der Waals surface area (Å²) >= 11 is 0. The molecule has 2 rings (SSSR count). The monoisotopic (exact) mass is 204 g/mol. The maximum atomic E-state index is 12.8. The summed E-state index contributed by atoms with van der Waals surface area (Å²) in [4.78, 5) is 3.10. The minimum atomic E-state index is -0.186. The quantitative estimate of drug-likeness (QED) is 0.786. The van der Waals surface area contributed by atoms with Crippen LogP contribution in [0.1, 0.15) is 11.3 Å². The van der Waals surface area contributed by atoms with Gasteiger partial charge in [-0.15, -0.1) is 0 Å². The molecule has 2 aromatic rings. The molecule has 0 unspecified atom stereocenters. The first kappa shape index (κ1) is 9.93. The van der Waals surface area contributed by atoms with E-state index in [1.54, 1.807) is 12.1 Å². The molecule has 2 nitrogen and oxygen atoms in total. The van der Waals surface area contributed by atoms with Gasteiger partial charge in [0, 0.05) is 25.0 Å². The van der Waals surface area contributed by atoms with Crippen molar-refractivity contribution in [2.24, 2.45) is 0 Å². The fourth-order valence-corrected chi connectivity index (χ4v) is 1.47. The van der Waals surface area contributed by atoms with E-state index in [-0.39, 0.29) is 5.82 Å². The fraction of sp³-hybridized carbons (Fsp3) is 0.167. The largest absolute Gasteiger partial charge is 0.364 e. The maximum absolute atomic E-state index is 12.8. The minimum absolute atomic E-state index is 0.186. The van der Waals surface area contributed by atoms with Gasteiger partial charge in [-0.1, -0.05) is 12.1 Å². The summed E-state index contributed by atoms with van der Waals surface area (Å²) in [6, 6.07) is 10.6. The van der Waals surface area contributed by atoms with Gasteiger partial charge >= 0.3 is 0 Å². The standard InChI is InChI=1S/C12H13FN2/c13-11-4-1-3-10(7-11)8-14-9-12-5-2-6-15-12/h1-7,14-15H,8-9H2. The van der Waals surface area contributed by atoms with Crippen molar-refractivity contribution in [2.45, 2.75) is 13.1 Å². The molecule has 3 heteroatoms. The number of H-pyrrole nitrogens is 1. The van der Waals surface area contributed by atoms with Gasteiger partial charge in [0.15, 0.2) is 0 Å². The second kappa shape index (κ2) is 4.75. The first-order valence-electron chi connectivity index (χ1n) is 4.92. The molecule has 0 saturated carbocycles. The lowest BCUT2D eigenvalue weighted by molar-refractivity contribution is 0.619. The SMILES string of the molecule is Fc1cccc(CNCc2ccc[nH]2)c1. The molecule has 0 atom stereocenters. The highest BCUT2D eigenvalue weighted by molar-refractivity contribution is 5.16. The van der Waals surface area contributed by atoms with Gasteiger partial charge in [0.1, 0.15) is 5.82 Å². The van der Waals surface area contributed by atoms with Gasteiger partial charge in [-0.2, -0.15) is 0 Å². The molecule has 2 N–H and O–H groups in total. The topological polar surface area (TPSA) is 27.8 Å². The van der Waals surface area contributed by atoms with Gasteiger partial charge in [-0.05, 0) is 29.8 Å². The van der Waals surface area contributed by atoms with Crippen LogP contribution in [0, 0.1) is 5.82 Å². The van der Waals surface area contributed by atoms with Gasteiger partial charge in [-0.25, -0.2) is 4.39 Å². The van der Waals surface area contributed by atoms with Crippen molar-refractivity contribution >= 4 is 0 Å². The highest BCUT2D eigenvalue weighted by Gasteiger charge is 1.95. The number of benzene rings is 1. The van der Waals surface area contributed by atoms with E-state index in [0.717, 1.165) is 17.8 Å². The van der Waals surface area contributed by atoms with Crippen LogP contribution in [0.4, 0.5) is 4.39 Å². The van der Waals surface area contributed by atoms with Gasteiger partial charge in [0.25, 0.3) is 0 Å². The molecule has 0 bridgehead atoms. The summed E-state index contributed by atoms with van der Waals surface area (Å²) in [5, 5.41) is 3.23. The molecule has 0 saturated heterocycles. The predicted octanol–water partition coefficient (Wildman–Crippen LogP) is 2.44. The Labute approximate surface area is 88.1 Å². The second-order valence-electron chi connectivity index (χ2n) is 3.43. The number of rotatable bonds is 4. The molecule has 0 aliphatic rings. The highest BCUT2D eigenvalue weighted by atomic mass is 19.1. The fourth-order valence-electron chi connectivity index (χ4n) is 1.47. The molecule has 0 fully saturated rings. The zero-order valence-electron chi connectivity index (χ0n) is 8.33. The Morgan fingerprint density at radius 3 is 2.80 bits per heavy atom. The summed E-state index contributed by atoms with van der Waals surface area (Å²) in [5.74, 6) is -0.186. The Kier molecular flexibility index (Phi) is 3.15. The summed E-state index contributed by atoms with van der Waals surface area (Å²) in [6.07, 6.45) is 1.89. The van der Waals surface area contributed by atoms with E-state index in [1.165, 1.54) is 6.07 Å². The first-order valence-corrected chi connectivity index (χ1v) is 4.92. The van der Waals surface area contributed by atoms with Crippen molar-refractivity contribution in [3.05, 3.63) is 59.7 Å². The average Bonchev–Trinajstić information content (AvgIpc) is 2.71. The third-order valence-corrected chi connectivity index (χ3v) is 2.20. The van der Waals surface area contributed by atoms with Crippen LogP contribution in [0.2, 0.25) is 0 Å². The number of hydrogen-bond donors (Lipinski definition) is 2. The highest BCUT2D eigenvalue weighted by Crippen LogP contribution is 2.03. The van der Waals surface area contributed by atoms with Crippen LogP contribution in [0.15, 0.2) is 42.6 Å². The Morgan fingerprint density at radius 1 is 1.13 bits per heavy atom. The maximum Gasteiger partial charge on any atom is 0.123 e. The molecule has 1 aromatic carbocycles. The number of aromatic nitrogens is 1. The van der Waals surface area contributed by atoms with E-state index >= 15 is 0 Å². The lowest BCUT2D eigenvalue weighted by atomic mass is 10.2. The van der Waals surface area contributed by atoms with E-state index < -0.39 is 0 Å². The summed E-state index contributed by atoms with van der Waals surface area (Å²) in [7, 11) is 0. The van der Waals surface area contributed by atoms with Gasteiger partial charge < -0.3 is 10.3 Å². The summed E-state index contributed by atoms with van der Waals surface area (Å²) < 4.78 is 12.8. The minimum Gasteiger partial charge on any atom is -0.364 e. The van der Waals surface area contributed by atoms with E-state index in [1.807, 2.05) is 24.4 Å². The van der Waals surface area contributed by atoms with Gasteiger partial charge in [0.05, 0.1) is 0 Å².